The van der Waals surface area contributed by atoms with Crippen LogP contribution in [0.4, 0.5) is 0 Å². The Morgan fingerprint density at radius 3 is 2.42 bits per heavy atom. The molecule has 2 heterocycles. The van der Waals surface area contributed by atoms with E-state index >= 15 is 0 Å². The van der Waals surface area contributed by atoms with Crippen molar-refractivity contribution in [1.29, 1.82) is 0 Å². The molecule has 1 aliphatic rings. The van der Waals surface area contributed by atoms with Gasteiger partial charge in [-0.2, -0.15) is 5.10 Å². The molecule has 0 atom stereocenters. The largest absolute Gasteiger partial charge is 0.346 e. The van der Waals surface area contributed by atoms with Crippen LogP contribution < -0.4 is 5.32 Å². The summed E-state index contributed by atoms with van der Waals surface area (Å²) in [5, 5.41) is 10.4. The summed E-state index contributed by atoms with van der Waals surface area (Å²) in [5.74, 6) is -1.32. The lowest BCUT2D eigenvalue weighted by atomic mass is 10.1. The number of hydrogen-bond acceptors (Lipinski definition) is 4. The molecule has 0 bridgehead atoms. The monoisotopic (exact) mass is 357 g/mol. The van der Waals surface area contributed by atoms with Crippen LogP contribution in [0.1, 0.15) is 29.9 Å². The minimum Gasteiger partial charge on any atom is -0.346 e. The molecule has 1 aromatic carbocycles. The van der Waals surface area contributed by atoms with Crippen LogP contribution in [0.2, 0.25) is 0 Å². The van der Waals surface area contributed by atoms with Gasteiger partial charge in [0.05, 0.1) is 5.52 Å². The maximum absolute atomic E-state index is 12.8. The van der Waals surface area contributed by atoms with Crippen LogP contribution in [-0.4, -0.2) is 69.9 Å². The van der Waals surface area contributed by atoms with E-state index < -0.39 is 11.8 Å². The summed E-state index contributed by atoms with van der Waals surface area (Å²) in [4.78, 5) is 39.9. The molecule has 0 saturated carbocycles. The van der Waals surface area contributed by atoms with Gasteiger partial charge in [-0.25, -0.2) is 0 Å². The minimum absolute atomic E-state index is 0.0919. The zero-order valence-corrected chi connectivity index (χ0v) is 15.2. The van der Waals surface area contributed by atoms with E-state index in [0.717, 1.165) is 16.5 Å². The van der Waals surface area contributed by atoms with Crippen molar-refractivity contribution in [2.45, 2.75) is 26.8 Å². The fourth-order valence-electron chi connectivity index (χ4n) is 3.02. The Morgan fingerprint density at radius 1 is 1.12 bits per heavy atom. The molecule has 2 N–H and O–H groups in total. The highest BCUT2D eigenvalue weighted by atomic mass is 16.2. The Bertz CT molecular complexity index is 850. The number of nitrogens with one attached hydrogen (secondary N) is 2. The number of benzene rings is 1. The number of rotatable bonds is 2. The standard InChI is InChI=1S/C18H23N5O3/c1-11(2)19-16(24)18(26)23-8-6-22(7-9-23)17(25)15-13-10-12(3)4-5-14(13)20-21-15/h4-5,10-11H,6-9H2,1-3H3,(H,19,24)(H,20,21). The fourth-order valence-corrected chi connectivity index (χ4v) is 3.02. The second kappa shape index (κ2) is 7.15. The van der Waals surface area contributed by atoms with E-state index in [-0.39, 0.29) is 11.9 Å². The van der Waals surface area contributed by atoms with Crippen LogP contribution in [0.15, 0.2) is 18.2 Å². The third-order valence-electron chi connectivity index (χ3n) is 4.39. The van der Waals surface area contributed by atoms with E-state index in [2.05, 4.69) is 15.5 Å². The van der Waals surface area contributed by atoms with Crippen molar-refractivity contribution in [2.75, 3.05) is 26.2 Å². The first kappa shape index (κ1) is 17.9. The number of fused-ring (bicyclic) bond motifs is 1. The van der Waals surface area contributed by atoms with Gasteiger partial charge >= 0.3 is 11.8 Å². The number of aryl methyl sites for hydroxylation is 1. The van der Waals surface area contributed by atoms with E-state index in [0.29, 0.717) is 31.9 Å². The van der Waals surface area contributed by atoms with Crippen LogP contribution in [0.3, 0.4) is 0 Å². The predicted octanol–water partition coefficient (Wildman–Crippen LogP) is 0.680. The summed E-state index contributed by atoms with van der Waals surface area (Å²) in [7, 11) is 0. The number of carbonyl (C=O) groups is 3. The number of hydrogen-bond donors (Lipinski definition) is 2. The zero-order valence-electron chi connectivity index (χ0n) is 15.2. The van der Waals surface area contributed by atoms with Crippen molar-refractivity contribution in [3.63, 3.8) is 0 Å². The fraction of sp³-hybridized carbons (Fsp3) is 0.444. The van der Waals surface area contributed by atoms with Gasteiger partial charge < -0.3 is 15.1 Å². The van der Waals surface area contributed by atoms with Crippen LogP contribution >= 0.6 is 0 Å². The van der Waals surface area contributed by atoms with Gasteiger partial charge in [-0.05, 0) is 32.9 Å². The Labute approximate surface area is 151 Å². The third-order valence-corrected chi connectivity index (χ3v) is 4.39. The van der Waals surface area contributed by atoms with E-state index in [4.69, 9.17) is 0 Å². The third kappa shape index (κ3) is 3.54. The average molecular weight is 357 g/mol. The molecule has 3 rings (SSSR count). The number of H-pyrrole nitrogens is 1. The van der Waals surface area contributed by atoms with Crippen molar-refractivity contribution in [3.8, 4) is 0 Å². The van der Waals surface area contributed by atoms with Crippen molar-refractivity contribution in [1.82, 2.24) is 25.3 Å². The summed E-state index contributed by atoms with van der Waals surface area (Å²) in [6.45, 7) is 6.98. The molecule has 1 saturated heterocycles. The van der Waals surface area contributed by atoms with Crippen molar-refractivity contribution in [3.05, 3.63) is 29.5 Å². The number of aromatic nitrogens is 2. The summed E-state index contributed by atoms with van der Waals surface area (Å²) in [5.41, 5.74) is 2.26. The molecular weight excluding hydrogens is 334 g/mol. The Kier molecular flexibility index (Phi) is 4.92. The summed E-state index contributed by atoms with van der Waals surface area (Å²) in [6, 6.07) is 5.70. The van der Waals surface area contributed by atoms with Gasteiger partial charge in [0.25, 0.3) is 5.91 Å². The van der Waals surface area contributed by atoms with Gasteiger partial charge in [0.1, 0.15) is 0 Å². The smallest absolute Gasteiger partial charge is 0.312 e. The van der Waals surface area contributed by atoms with Crippen molar-refractivity contribution >= 4 is 28.6 Å². The second-order valence-corrected chi connectivity index (χ2v) is 6.83. The molecule has 3 amide bonds. The lowest BCUT2D eigenvalue weighted by Gasteiger charge is -2.34. The molecule has 0 radical (unpaired) electrons. The maximum atomic E-state index is 12.8. The summed E-state index contributed by atoms with van der Waals surface area (Å²) >= 11 is 0. The molecule has 8 nitrogen and oxygen atoms in total. The Balaban J connectivity index is 1.66. The first-order chi connectivity index (χ1) is 12.4. The van der Waals surface area contributed by atoms with E-state index in [1.165, 1.54) is 4.90 Å². The Morgan fingerprint density at radius 2 is 1.77 bits per heavy atom. The van der Waals surface area contributed by atoms with Gasteiger partial charge in [-0.15, -0.1) is 0 Å². The van der Waals surface area contributed by atoms with Crippen LogP contribution in [0, 0.1) is 6.92 Å². The molecule has 1 fully saturated rings. The Hall–Kier alpha value is -2.90. The first-order valence-corrected chi connectivity index (χ1v) is 8.70. The highest BCUT2D eigenvalue weighted by Gasteiger charge is 2.29. The van der Waals surface area contributed by atoms with Crippen molar-refractivity contribution < 1.29 is 14.4 Å². The summed E-state index contributed by atoms with van der Waals surface area (Å²) in [6.07, 6.45) is 0. The average Bonchev–Trinajstić information content (AvgIpc) is 3.03. The van der Waals surface area contributed by atoms with E-state index in [1.54, 1.807) is 18.7 Å². The number of amides is 3. The molecule has 138 valence electrons. The normalized spacial score (nSPS) is 14.8. The zero-order chi connectivity index (χ0) is 18.8. The van der Waals surface area contributed by atoms with Gasteiger partial charge in [0, 0.05) is 37.6 Å². The van der Waals surface area contributed by atoms with E-state index in [1.807, 2.05) is 25.1 Å². The molecular formula is C18H23N5O3. The number of carbonyl (C=O) groups excluding carboxylic acids is 3. The summed E-state index contributed by atoms with van der Waals surface area (Å²) < 4.78 is 0. The van der Waals surface area contributed by atoms with E-state index in [9.17, 15) is 14.4 Å². The highest BCUT2D eigenvalue weighted by molar-refractivity contribution is 6.35. The van der Waals surface area contributed by atoms with Gasteiger partial charge in [-0.1, -0.05) is 11.6 Å². The molecule has 0 spiro atoms. The number of nitrogens with zero attached hydrogens (tertiary/aromatic N) is 3. The maximum Gasteiger partial charge on any atom is 0.312 e. The molecule has 26 heavy (non-hydrogen) atoms. The predicted molar refractivity (Wildman–Crippen MR) is 96.6 cm³/mol. The van der Waals surface area contributed by atoms with Gasteiger partial charge in [-0.3, -0.25) is 19.5 Å². The lowest BCUT2D eigenvalue weighted by Crippen LogP contribution is -2.54. The number of aromatic amines is 1. The molecule has 1 aromatic heterocycles. The molecule has 0 unspecified atom stereocenters. The van der Waals surface area contributed by atoms with Crippen LogP contribution in [-0.2, 0) is 9.59 Å². The quantitative estimate of drug-likeness (QED) is 0.772. The van der Waals surface area contributed by atoms with Gasteiger partial charge in [0.15, 0.2) is 5.69 Å². The molecule has 2 aromatic rings. The molecule has 8 heteroatoms. The van der Waals surface area contributed by atoms with Crippen molar-refractivity contribution in [2.24, 2.45) is 0 Å². The molecule has 0 aliphatic carbocycles. The first-order valence-electron chi connectivity index (χ1n) is 8.70. The van der Waals surface area contributed by atoms with Crippen LogP contribution in [0.25, 0.3) is 10.9 Å². The van der Waals surface area contributed by atoms with Crippen LogP contribution in [0.5, 0.6) is 0 Å². The van der Waals surface area contributed by atoms with Gasteiger partial charge in [0.2, 0.25) is 0 Å². The number of piperazine rings is 1. The minimum atomic E-state index is -0.603. The lowest BCUT2D eigenvalue weighted by molar-refractivity contribution is -0.147. The highest BCUT2D eigenvalue weighted by Crippen LogP contribution is 2.19. The second-order valence-electron chi connectivity index (χ2n) is 6.83. The topological polar surface area (TPSA) is 98.4 Å². The SMILES string of the molecule is Cc1ccc2[nH]nc(C(=O)N3CCN(C(=O)C(=O)NC(C)C)CC3)c2c1. The molecule has 1 aliphatic heterocycles.